The summed E-state index contributed by atoms with van der Waals surface area (Å²) < 4.78 is 6.91. The molecule has 0 unspecified atom stereocenters. The number of ether oxygens (including phenoxy) is 1. The third kappa shape index (κ3) is 2.78. The molecule has 0 aliphatic heterocycles. The van der Waals surface area contributed by atoms with Gasteiger partial charge in [0, 0.05) is 11.4 Å². The van der Waals surface area contributed by atoms with Crippen LogP contribution in [0.5, 0.6) is 5.88 Å². The molecule has 1 fully saturated rings. The number of nitrogens with zero attached hydrogens (tertiary/aromatic N) is 5. The van der Waals surface area contributed by atoms with Crippen molar-refractivity contribution >= 4 is 11.3 Å². The number of aliphatic hydroxyl groups is 1. The number of hydrogen-bond acceptors (Lipinski definition) is 7. The van der Waals surface area contributed by atoms with Crippen molar-refractivity contribution in [2.24, 2.45) is 0 Å². The summed E-state index contributed by atoms with van der Waals surface area (Å²) in [6.07, 6.45) is 4.29. The summed E-state index contributed by atoms with van der Waals surface area (Å²) in [5.74, 6) is 0.561. The van der Waals surface area contributed by atoms with E-state index in [1.54, 1.807) is 17.9 Å². The zero-order valence-electron chi connectivity index (χ0n) is 13.2. The van der Waals surface area contributed by atoms with Gasteiger partial charge >= 0.3 is 0 Å². The summed E-state index contributed by atoms with van der Waals surface area (Å²) in [6, 6.07) is 5.61. The fourth-order valence-corrected chi connectivity index (χ4v) is 3.72. The minimum Gasteiger partial charge on any atom is -0.481 e. The highest BCUT2D eigenvalue weighted by atomic mass is 32.1. The Bertz CT molecular complexity index is 846. The molecule has 1 N–H and O–H groups in total. The molecule has 2 atom stereocenters. The highest BCUT2D eigenvalue weighted by Crippen LogP contribution is 2.31. The summed E-state index contributed by atoms with van der Waals surface area (Å²) in [4.78, 5) is 9.01. The molecule has 7 nitrogen and oxygen atoms in total. The zero-order valence-corrected chi connectivity index (χ0v) is 14.0. The number of aliphatic hydroxyl groups excluding tert-OH is 1. The van der Waals surface area contributed by atoms with Crippen LogP contribution in [-0.2, 0) is 0 Å². The van der Waals surface area contributed by atoms with Crippen LogP contribution in [0, 0.1) is 0 Å². The van der Waals surface area contributed by atoms with Gasteiger partial charge in [-0.2, -0.15) is 0 Å². The van der Waals surface area contributed by atoms with E-state index in [9.17, 15) is 5.11 Å². The quantitative estimate of drug-likeness (QED) is 0.783. The maximum absolute atomic E-state index is 10.0. The van der Waals surface area contributed by atoms with Crippen LogP contribution in [0.4, 0.5) is 0 Å². The molecule has 1 aliphatic rings. The van der Waals surface area contributed by atoms with Crippen molar-refractivity contribution in [1.29, 1.82) is 0 Å². The highest BCUT2D eigenvalue weighted by Gasteiger charge is 2.28. The van der Waals surface area contributed by atoms with E-state index < -0.39 is 0 Å². The smallest absolute Gasteiger partial charge is 0.213 e. The van der Waals surface area contributed by atoms with Crippen LogP contribution < -0.4 is 4.74 Å². The van der Waals surface area contributed by atoms with Gasteiger partial charge in [0.25, 0.3) is 0 Å². The predicted octanol–water partition coefficient (Wildman–Crippen LogP) is 2.56. The first-order valence-electron chi connectivity index (χ1n) is 7.82. The highest BCUT2D eigenvalue weighted by molar-refractivity contribution is 7.13. The van der Waals surface area contributed by atoms with Gasteiger partial charge in [-0.1, -0.05) is 11.3 Å². The van der Waals surface area contributed by atoms with Crippen LogP contribution >= 0.6 is 11.3 Å². The van der Waals surface area contributed by atoms with Gasteiger partial charge in [0.05, 0.1) is 25.5 Å². The van der Waals surface area contributed by atoms with E-state index in [1.165, 1.54) is 11.3 Å². The van der Waals surface area contributed by atoms with E-state index in [0.717, 1.165) is 35.7 Å². The van der Waals surface area contributed by atoms with E-state index in [0.29, 0.717) is 11.6 Å². The lowest BCUT2D eigenvalue weighted by Gasteiger charge is -2.13. The van der Waals surface area contributed by atoms with Crippen molar-refractivity contribution in [3.05, 3.63) is 29.8 Å². The van der Waals surface area contributed by atoms with Crippen molar-refractivity contribution in [3.8, 4) is 28.0 Å². The topological polar surface area (TPSA) is 86.0 Å². The molecule has 0 bridgehead atoms. The number of pyridine rings is 1. The van der Waals surface area contributed by atoms with Gasteiger partial charge in [-0.3, -0.25) is 0 Å². The average molecular weight is 343 g/mol. The molecule has 24 heavy (non-hydrogen) atoms. The third-order valence-electron chi connectivity index (χ3n) is 4.21. The lowest BCUT2D eigenvalue weighted by Crippen LogP contribution is -2.18. The number of rotatable bonds is 4. The summed E-state index contributed by atoms with van der Waals surface area (Å²) in [7, 11) is 1.59. The van der Waals surface area contributed by atoms with Crippen molar-refractivity contribution < 1.29 is 9.84 Å². The number of aromatic nitrogens is 5. The lowest BCUT2D eigenvalue weighted by atomic mass is 10.2. The summed E-state index contributed by atoms with van der Waals surface area (Å²) >= 11 is 1.50. The standard InChI is InChI=1S/C16H17N5O2S/c1-23-15-7-2-4-10(17-15)16-18-12(9-24-16)11-8-21(20-19-11)13-5-3-6-14(13)22/h2,4,7-9,13-14,22H,3,5-6H2,1H3/t13-,14-/m1/s1. The molecule has 4 rings (SSSR count). The summed E-state index contributed by atoms with van der Waals surface area (Å²) in [5.41, 5.74) is 2.24. The second kappa shape index (κ2) is 6.29. The Labute approximate surface area is 143 Å². The largest absolute Gasteiger partial charge is 0.481 e. The van der Waals surface area contributed by atoms with Crippen LogP contribution in [0.3, 0.4) is 0 Å². The van der Waals surface area contributed by atoms with Crippen molar-refractivity contribution in [2.75, 3.05) is 7.11 Å². The second-order valence-electron chi connectivity index (χ2n) is 5.75. The van der Waals surface area contributed by atoms with Crippen LogP contribution in [0.15, 0.2) is 29.8 Å². The first-order valence-corrected chi connectivity index (χ1v) is 8.70. The minimum atomic E-state index is -0.341. The fourth-order valence-electron chi connectivity index (χ4n) is 2.94. The van der Waals surface area contributed by atoms with Gasteiger partial charge in [-0.05, 0) is 25.3 Å². The van der Waals surface area contributed by atoms with E-state index in [2.05, 4.69) is 20.3 Å². The SMILES string of the molecule is COc1cccc(-c2nc(-c3cn([C@@H]4CCC[C@H]4O)nn3)cs2)n1. The molecule has 3 aromatic rings. The lowest BCUT2D eigenvalue weighted by molar-refractivity contribution is 0.129. The van der Waals surface area contributed by atoms with Crippen molar-refractivity contribution in [2.45, 2.75) is 31.4 Å². The Morgan fingerprint density at radius 2 is 2.12 bits per heavy atom. The molecule has 0 saturated heterocycles. The molecule has 3 aromatic heterocycles. The minimum absolute atomic E-state index is 0.0180. The van der Waals surface area contributed by atoms with Gasteiger partial charge in [-0.25, -0.2) is 14.6 Å². The summed E-state index contributed by atoms with van der Waals surface area (Å²) in [6.45, 7) is 0. The molecule has 0 aromatic carbocycles. The maximum atomic E-state index is 10.0. The number of thiazole rings is 1. The van der Waals surface area contributed by atoms with Crippen molar-refractivity contribution in [3.63, 3.8) is 0 Å². The molecule has 1 aliphatic carbocycles. The third-order valence-corrected chi connectivity index (χ3v) is 5.08. The Balaban J connectivity index is 1.60. The van der Waals surface area contributed by atoms with Gasteiger partial charge in [0.2, 0.25) is 5.88 Å². The van der Waals surface area contributed by atoms with Crippen LogP contribution in [0.25, 0.3) is 22.1 Å². The Hall–Kier alpha value is -2.32. The molecule has 0 radical (unpaired) electrons. The Morgan fingerprint density at radius 3 is 2.92 bits per heavy atom. The average Bonchev–Trinajstić information content (AvgIpc) is 3.34. The normalized spacial score (nSPS) is 20.4. The number of methoxy groups -OCH3 is 1. The molecular formula is C16H17N5O2S. The molecule has 3 heterocycles. The monoisotopic (exact) mass is 343 g/mol. The Kier molecular flexibility index (Phi) is 3.99. The van der Waals surface area contributed by atoms with Gasteiger partial charge in [0.1, 0.15) is 22.1 Å². The first-order chi connectivity index (χ1) is 11.7. The van der Waals surface area contributed by atoms with E-state index >= 15 is 0 Å². The Morgan fingerprint density at radius 1 is 1.21 bits per heavy atom. The fraction of sp³-hybridized carbons (Fsp3) is 0.375. The van der Waals surface area contributed by atoms with Gasteiger partial charge in [-0.15, -0.1) is 16.4 Å². The van der Waals surface area contributed by atoms with Gasteiger partial charge in [0.15, 0.2) is 0 Å². The molecule has 1 saturated carbocycles. The van der Waals surface area contributed by atoms with Crippen LogP contribution in [0.1, 0.15) is 25.3 Å². The molecule has 0 amide bonds. The second-order valence-corrected chi connectivity index (χ2v) is 6.61. The van der Waals surface area contributed by atoms with Crippen molar-refractivity contribution in [1.82, 2.24) is 25.0 Å². The predicted molar refractivity (Wildman–Crippen MR) is 89.8 cm³/mol. The van der Waals surface area contributed by atoms with Crippen LogP contribution in [-0.4, -0.2) is 43.3 Å². The van der Waals surface area contributed by atoms with E-state index in [4.69, 9.17) is 4.74 Å². The molecule has 0 spiro atoms. The van der Waals surface area contributed by atoms with E-state index in [-0.39, 0.29) is 12.1 Å². The van der Waals surface area contributed by atoms with Gasteiger partial charge < -0.3 is 9.84 Å². The molecular weight excluding hydrogens is 326 g/mol. The first kappa shape index (κ1) is 15.2. The molecule has 8 heteroatoms. The summed E-state index contributed by atoms with van der Waals surface area (Å²) in [5, 5.41) is 21.1. The maximum Gasteiger partial charge on any atom is 0.213 e. The zero-order chi connectivity index (χ0) is 16.5. The molecule has 124 valence electrons. The van der Waals surface area contributed by atoms with E-state index in [1.807, 2.05) is 23.7 Å². The number of hydrogen-bond donors (Lipinski definition) is 1. The van der Waals surface area contributed by atoms with Crippen LogP contribution in [0.2, 0.25) is 0 Å².